The molecule has 2 N–H and O–H groups in total. The number of carbonyl (C=O) groups excluding carboxylic acids is 2. The van der Waals surface area contributed by atoms with Gasteiger partial charge in [-0.1, -0.05) is 54.6 Å². The predicted octanol–water partition coefficient (Wildman–Crippen LogP) is 3.81. The number of carbonyl (C=O) groups is 2. The van der Waals surface area contributed by atoms with Gasteiger partial charge in [-0.25, -0.2) is 0 Å². The Morgan fingerprint density at radius 1 is 1.07 bits per heavy atom. The van der Waals surface area contributed by atoms with Gasteiger partial charge >= 0.3 is 0 Å². The minimum atomic E-state index is -0.834. The first-order valence-corrected chi connectivity index (χ1v) is 8.95. The van der Waals surface area contributed by atoms with Crippen LogP contribution in [0.25, 0.3) is 10.8 Å². The van der Waals surface area contributed by atoms with Crippen LogP contribution in [0.15, 0.2) is 66.7 Å². The van der Waals surface area contributed by atoms with E-state index in [9.17, 15) is 9.59 Å². The van der Waals surface area contributed by atoms with Crippen LogP contribution < -0.4 is 15.4 Å². The Balaban J connectivity index is 1.46. The lowest BCUT2D eigenvalue weighted by molar-refractivity contribution is -0.130. The highest BCUT2D eigenvalue weighted by Gasteiger charge is 2.30. The second-order valence-corrected chi connectivity index (χ2v) is 6.65. The molecule has 0 spiro atoms. The Bertz CT molecular complexity index is 1010. The van der Waals surface area contributed by atoms with Crippen LogP contribution in [0.3, 0.4) is 0 Å². The van der Waals surface area contributed by atoms with Crippen molar-refractivity contribution in [1.82, 2.24) is 5.32 Å². The van der Waals surface area contributed by atoms with Crippen LogP contribution in [0.1, 0.15) is 24.9 Å². The number of fused-ring (bicyclic) bond motifs is 2. The van der Waals surface area contributed by atoms with Gasteiger partial charge in [0.1, 0.15) is 5.75 Å². The van der Waals surface area contributed by atoms with Crippen molar-refractivity contribution in [3.05, 3.63) is 72.3 Å². The molecule has 5 nitrogen and oxygen atoms in total. The number of nitrogens with one attached hydrogen (secondary N) is 2. The molecule has 0 radical (unpaired) electrons. The highest BCUT2D eigenvalue weighted by atomic mass is 16.5. The first kappa shape index (κ1) is 17.1. The molecule has 0 fully saturated rings. The summed E-state index contributed by atoms with van der Waals surface area (Å²) in [6, 6.07) is 21.1. The lowest BCUT2D eigenvalue weighted by atomic mass is 9.99. The molecular formula is C22H20N2O3. The molecule has 1 heterocycles. The number of ether oxygens (including phenoxy) is 1. The molecule has 27 heavy (non-hydrogen) atoms. The molecule has 0 saturated heterocycles. The summed E-state index contributed by atoms with van der Waals surface area (Å²) < 4.78 is 5.70. The Morgan fingerprint density at radius 3 is 2.70 bits per heavy atom. The third-order valence-corrected chi connectivity index (χ3v) is 4.74. The summed E-state index contributed by atoms with van der Waals surface area (Å²) in [5, 5.41) is 7.99. The maximum Gasteiger partial charge on any atom is 0.266 e. The van der Waals surface area contributed by atoms with Crippen molar-refractivity contribution in [1.29, 1.82) is 0 Å². The fraction of sp³-hybridized carbons (Fsp3) is 0.182. The van der Waals surface area contributed by atoms with E-state index in [-0.39, 0.29) is 24.3 Å². The van der Waals surface area contributed by atoms with E-state index < -0.39 is 6.10 Å². The van der Waals surface area contributed by atoms with Gasteiger partial charge in [-0.2, -0.15) is 0 Å². The van der Waals surface area contributed by atoms with Gasteiger partial charge in [0.2, 0.25) is 5.91 Å². The maximum atomic E-state index is 12.5. The lowest BCUT2D eigenvalue weighted by Gasteiger charge is -2.26. The van der Waals surface area contributed by atoms with Gasteiger partial charge in [-0.05, 0) is 35.4 Å². The van der Waals surface area contributed by atoms with Crippen molar-refractivity contribution in [2.24, 2.45) is 0 Å². The van der Waals surface area contributed by atoms with E-state index in [1.54, 1.807) is 12.1 Å². The van der Waals surface area contributed by atoms with E-state index in [0.717, 1.165) is 16.3 Å². The molecule has 1 aliphatic heterocycles. The third-order valence-electron chi connectivity index (χ3n) is 4.74. The molecule has 136 valence electrons. The zero-order valence-corrected chi connectivity index (χ0v) is 14.9. The fourth-order valence-electron chi connectivity index (χ4n) is 3.40. The average molecular weight is 360 g/mol. The first-order chi connectivity index (χ1) is 13.1. The summed E-state index contributed by atoms with van der Waals surface area (Å²) in [4.78, 5) is 24.7. The van der Waals surface area contributed by atoms with Crippen LogP contribution in [0, 0.1) is 0 Å². The molecule has 4 rings (SSSR count). The highest BCUT2D eigenvalue weighted by molar-refractivity contribution is 6.00. The highest BCUT2D eigenvalue weighted by Crippen LogP contribution is 2.30. The topological polar surface area (TPSA) is 67.4 Å². The normalized spacial score (nSPS) is 16.8. The van der Waals surface area contributed by atoms with Crippen molar-refractivity contribution in [3.8, 4) is 5.75 Å². The van der Waals surface area contributed by atoms with E-state index in [0.29, 0.717) is 11.4 Å². The molecule has 1 unspecified atom stereocenters. The minimum absolute atomic E-state index is 0.0325. The molecule has 5 heteroatoms. The molecule has 2 amide bonds. The van der Waals surface area contributed by atoms with Crippen molar-refractivity contribution < 1.29 is 14.3 Å². The Hall–Kier alpha value is -3.34. The van der Waals surface area contributed by atoms with E-state index in [1.165, 1.54) is 0 Å². The summed E-state index contributed by atoms with van der Waals surface area (Å²) in [6.45, 7) is 1.94. The predicted molar refractivity (Wildman–Crippen MR) is 105 cm³/mol. The third kappa shape index (κ3) is 3.49. The summed E-state index contributed by atoms with van der Waals surface area (Å²) in [7, 11) is 0. The monoisotopic (exact) mass is 360 g/mol. The molecule has 3 aromatic carbocycles. The van der Waals surface area contributed by atoms with Crippen LogP contribution in [-0.4, -0.2) is 17.9 Å². The Morgan fingerprint density at radius 2 is 1.81 bits per heavy atom. The number of amides is 2. The number of para-hydroxylation sites is 2. The van der Waals surface area contributed by atoms with E-state index in [4.69, 9.17) is 4.74 Å². The quantitative estimate of drug-likeness (QED) is 0.743. The molecular weight excluding hydrogens is 340 g/mol. The van der Waals surface area contributed by atoms with E-state index in [2.05, 4.69) is 10.6 Å². The summed E-state index contributed by atoms with van der Waals surface area (Å²) >= 11 is 0. The van der Waals surface area contributed by atoms with Crippen LogP contribution in [-0.2, 0) is 9.59 Å². The van der Waals surface area contributed by atoms with Gasteiger partial charge < -0.3 is 15.4 Å². The van der Waals surface area contributed by atoms with Gasteiger partial charge in [-0.3, -0.25) is 9.59 Å². The summed E-state index contributed by atoms with van der Waals surface area (Å²) in [5.41, 5.74) is 1.67. The van der Waals surface area contributed by atoms with Crippen LogP contribution in [0.5, 0.6) is 5.75 Å². The van der Waals surface area contributed by atoms with Crippen LogP contribution in [0.2, 0.25) is 0 Å². The van der Waals surface area contributed by atoms with Crippen LogP contribution >= 0.6 is 0 Å². The lowest BCUT2D eigenvalue weighted by Crippen LogP contribution is -2.41. The summed E-state index contributed by atoms with van der Waals surface area (Å²) in [6.07, 6.45) is -0.866. The van der Waals surface area contributed by atoms with Gasteiger partial charge in [0, 0.05) is 0 Å². The van der Waals surface area contributed by atoms with Crippen molar-refractivity contribution >= 4 is 28.3 Å². The number of hydrogen-bond acceptors (Lipinski definition) is 3. The minimum Gasteiger partial charge on any atom is -0.478 e. The number of benzene rings is 3. The standard InChI is InChI=1S/C22H20N2O3/c1-14(16-10-6-8-15-7-2-3-9-17(15)16)23-21(25)13-20-22(26)24-18-11-4-5-12-19(18)27-20/h2-12,14,20H,13H2,1H3,(H,23,25)(H,24,26)/t14-,20?/m1/s1. The van der Waals surface area contributed by atoms with Gasteiger partial charge in [0.05, 0.1) is 18.2 Å². The molecule has 0 aromatic heterocycles. The van der Waals surface area contributed by atoms with Crippen molar-refractivity contribution in [2.45, 2.75) is 25.5 Å². The number of hydrogen-bond donors (Lipinski definition) is 2. The average Bonchev–Trinajstić information content (AvgIpc) is 2.68. The van der Waals surface area contributed by atoms with Gasteiger partial charge in [-0.15, -0.1) is 0 Å². The summed E-state index contributed by atoms with van der Waals surface area (Å²) in [5.74, 6) is 0.0497. The first-order valence-electron chi connectivity index (χ1n) is 8.95. The van der Waals surface area contributed by atoms with Crippen molar-refractivity contribution in [2.75, 3.05) is 5.32 Å². The van der Waals surface area contributed by atoms with E-state index >= 15 is 0 Å². The molecule has 0 bridgehead atoms. The molecule has 3 aromatic rings. The zero-order chi connectivity index (χ0) is 18.8. The smallest absolute Gasteiger partial charge is 0.266 e. The molecule has 0 saturated carbocycles. The Labute approximate surface area is 157 Å². The Kier molecular flexibility index (Phi) is 4.50. The van der Waals surface area contributed by atoms with Gasteiger partial charge in [0.15, 0.2) is 6.10 Å². The molecule has 0 aliphatic carbocycles. The zero-order valence-electron chi connectivity index (χ0n) is 14.9. The second kappa shape index (κ2) is 7.11. The fourth-order valence-corrected chi connectivity index (χ4v) is 3.40. The SMILES string of the molecule is C[C@@H](NC(=O)CC1Oc2ccccc2NC1=O)c1cccc2ccccc12. The van der Waals surface area contributed by atoms with Crippen LogP contribution in [0.4, 0.5) is 5.69 Å². The van der Waals surface area contributed by atoms with Gasteiger partial charge in [0.25, 0.3) is 5.91 Å². The molecule has 2 atom stereocenters. The van der Waals surface area contributed by atoms with Crippen molar-refractivity contribution in [3.63, 3.8) is 0 Å². The second-order valence-electron chi connectivity index (χ2n) is 6.65. The molecule has 1 aliphatic rings. The largest absolute Gasteiger partial charge is 0.478 e. The number of rotatable bonds is 4. The van der Waals surface area contributed by atoms with E-state index in [1.807, 2.05) is 61.5 Å². The number of anilines is 1. The maximum absolute atomic E-state index is 12.5.